The second-order valence-corrected chi connectivity index (χ2v) is 5.29. The van der Waals surface area contributed by atoms with E-state index in [-0.39, 0.29) is 5.91 Å². The molecule has 2 aromatic carbocycles. The van der Waals surface area contributed by atoms with E-state index in [1.165, 1.54) is 0 Å². The van der Waals surface area contributed by atoms with E-state index in [1.807, 2.05) is 56.3 Å². The topological polar surface area (TPSA) is 38.3 Å². The summed E-state index contributed by atoms with van der Waals surface area (Å²) < 4.78 is 5.71. The van der Waals surface area contributed by atoms with Crippen LogP contribution in [0.5, 0.6) is 5.75 Å². The van der Waals surface area contributed by atoms with Gasteiger partial charge >= 0.3 is 0 Å². The highest BCUT2D eigenvalue weighted by Gasteiger charge is 2.14. The van der Waals surface area contributed by atoms with Crippen molar-refractivity contribution < 1.29 is 9.53 Å². The summed E-state index contributed by atoms with van der Waals surface area (Å²) in [5.41, 5.74) is 3.33. The van der Waals surface area contributed by atoms with Gasteiger partial charge in [0.05, 0.1) is 0 Å². The van der Waals surface area contributed by atoms with Crippen molar-refractivity contribution in [2.45, 2.75) is 33.4 Å². The maximum Gasteiger partial charge on any atom is 0.261 e. The minimum atomic E-state index is -0.519. The zero-order chi connectivity index (χ0) is 15.2. The molecule has 3 heteroatoms. The molecule has 1 N–H and O–H groups in total. The molecular weight excluding hydrogens is 262 g/mol. The van der Waals surface area contributed by atoms with Gasteiger partial charge in [0.25, 0.3) is 5.91 Å². The Kier molecular flexibility index (Phi) is 4.99. The lowest BCUT2D eigenvalue weighted by Crippen LogP contribution is -2.35. The van der Waals surface area contributed by atoms with Gasteiger partial charge in [-0.15, -0.1) is 0 Å². The maximum absolute atomic E-state index is 12.1. The van der Waals surface area contributed by atoms with Gasteiger partial charge in [0.2, 0.25) is 0 Å². The van der Waals surface area contributed by atoms with Crippen molar-refractivity contribution in [1.29, 1.82) is 0 Å². The second-order valence-electron chi connectivity index (χ2n) is 5.29. The first kappa shape index (κ1) is 15.1. The van der Waals surface area contributed by atoms with Crippen LogP contribution < -0.4 is 10.1 Å². The molecular formula is C18H21NO2. The number of amides is 1. The Balaban J connectivity index is 1.90. The van der Waals surface area contributed by atoms with E-state index >= 15 is 0 Å². The van der Waals surface area contributed by atoms with Crippen LogP contribution in [-0.4, -0.2) is 12.0 Å². The monoisotopic (exact) mass is 283 g/mol. The summed E-state index contributed by atoms with van der Waals surface area (Å²) >= 11 is 0. The predicted molar refractivity (Wildman–Crippen MR) is 84.3 cm³/mol. The van der Waals surface area contributed by atoms with Gasteiger partial charge in [-0.1, -0.05) is 36.4 Å². The van der Waals surface area contributed by atoms with Crippen LogP contribution in [0, 0.1) is 13.8 Å². The summed E-state index contributed by atoms with van der Waals surface area (Å²) in [4.78, 5) is 12.1. The highest BCUT2D eigenvalue weighted by Crippen LogP contribution is 2.17. The first-order valence-electron chi connectivity index (χ1n) is 7.11. The number of carbonyl (C=O) groups is 1. The van der Waals surface area contributed by atoms with Gasteiger partial charge in [-0.3, -0.25) is 4.79 Å². The molecule has 1 atom stereocenters. The molecule has 0 unspecified atom stereocenters. The second kappa shape index (κ2) is 6.93. The molecule has 0 aromatic heterocycles. The van der Waals surface area contributed by atoms with Gasteiger partial charge in [-0.2, -0.15) is 0 Å². The molecule has 3 nitrogen and oxygen atoms in total. The quantitative estimate of drug-likeness (QED) is 0.913. The number of ether oxygens (including phenoxy) is 1. The van der Waals surface area contributed by atoms with Crippen LogP contribution in [0.2, 0.25) is 0 Å². The van der Waals surface area contributed by atoms with Gasteiger partial charge in [-0.05, 0) is 49.6 Å². The largest absolute Gasteiger partial charge is 0.481 e. The molecule has 0 saturated carbocycles. The van der Waals surface area contributed by atoms with E-state index in [0.29, 0.717) is 6.54 Å². The van der Waals surface area contributed by atoms with Crippen LogP contribution in [0.15, 0.2) is 48.5 Å². The van der Waals surface area contributed by atoms with E-state index in [9.17, 15) is 4.79 Å². The van der Waals surface area contributed by atoms with E-state index in [2.05, 4.69) is 11.4 Å². The number of hydrogen-bond acceptors (Lipinski definition) is 2. The van der Waals surface area contributed by atoms with Crippen molar-refractivity contribution in [1.82, 2.24) is 5.32 Å². The number of carbonyl (C=O) groups excluding carboxylic acids is 1. The summed E-state index contributed by atoms with van der Waals surface area (Å²) in [5, 5.41) is 2.88. The van der Waals surface area contributed by atoms with Crippen molar-refractivity contribution in [3.05, 3.63) is 65.2 Å². The van der Waals surface area contributed by atoms with Gasteiger partial charge in [0.15, 0.2) is 6.10 Å². The number of nitrogens with one attached hydrogen (secondary N) is 1. The highest BCUT2D eigenvalue weighted by molar-refractivity contribution is 5.80. The van der Waals surface area contributed by atoms with Crippen LogP contribution in [0.4, 0.5) is 0 Å². The Hall–Kier alpha value is -2.29. The van der Waals surface area contributed by atoms with E-state index < -0.39 is 6.10 Å². The molecule has 0 aliphatic rings. The van der Waals surface area contributed by atoms with Gasteiger partial charge in [0, 0.05) is 6.54 Å². The van der Waals surface area contributed by atoms with E-state index in [4.69, 9.17) is 4.74 Å². The lowest BCUT2D eigenvalue weighted by molar-refractivity contribution is -0.127. The maximum atomic E-state index is 12.1. The van der Waals surface area contributed by atoms with Crippen molar-refractivity contribution in [2.24, 2.45) is 0 Å². The predicted octanol–water partition coefficient (Wildman–Crippen LogP) is 3.39. The summed E-state index contributed by atoms with van der Waals surface area (Å²) in [5.74, 6) is 0.618. The first-order valence-corrected chi connectivity index (χ1v) is 7.11. The number of rotatable bonds is 5. The molecule has 0 heterocycles. The molecule has 2 aromatic rings. The number of aryl methyl sites for hydroxylation is 2. The number of benzene rings is 2. The van der Waals surface area contributed by atoms with Crippen LogP contribution in [0.3, 0.4) is 0 Å². The van der Waals surface area contributed by atoms with Crippen molar-refractivity contribution in [2.75, 3.05) is 0 Å². The summed E-state index contributed by atoms with van der Waals surface area (Å²) in [6.45, 7) is 6.30. The lowest BCUT2D eigenvalue weighted by atomic mass is 10.1. The zero-order valence-corrected chi connectivity index (χ0v) is 12.7. The third kappa shape index (κ3) is 4.63. The zero-order valence-electron chi connectivity index (χ0n) is 12.7. The van der Waals surface area contributed by atoms with E-state index in [1.54, 1.807) is 6.92 Å². The fourth-order valence-electron chi connectivity index (χ4n) is 2.19. The van der Waals surface area contributed by atoms with E-state index in [0.717, 1.165) is 22.4 Å². The fraction of sp³-hybridized carbons (Fsp3) is 0.278. The van der Waals surface area contributed by atoms with Crippen LogP contribution in [0.1, 0.15) is 23.6 Å². The average molecular weight is 283 g/mol. The molecule has 0 bridgehead atoms. The Labute approximate surface area is 126 Å². The lowest BCUT2D eigenvalue weighted by Gasteiger charge is -2.15. The molecule has 1 amide bonds. The summed E-state index contributed by atoms with van der Waals surface area (Å²) in [7, 11) is 0. The molecule has 0 aliphatic carbocycles. The summed E-state index contributed by atoms with van der Waals surface area (Å²) in [6.07, 6.45) is -0.519. The third-order valence-corrected chi connectivity index (χ3v) is 3.19. The standard InChI is InChI=1S/C18H21NO2/c1-13-9-14(2)11-17(10-13)21-15(3)18(20)19-12-16-7-5-4-6-8-16/h4-11,15H,12H2,1-3H3,(H,19,20)/t15-/m0/s1. The third-order valence-electron chi connectivity index (χ3n) is 3.19. The Bertz CT molecular complexity index is 588. The Morgan fingerprint density at radius 2 is 1.71 bits per heavy atom. The summed E-state index contributed by atoms with van der Waals surface area (Å²) in [6, 6.07) is 15.8. The van der Waals surface area contributed by atoms with Gasteiger partial charge in [-0.25, -0.2) is 0 Å². The molecule has 21 heavy (non-hydrogen) atoms. The highest BCUT2D eigenvalue weighted by atomic mass is 16.5. The molecule has 0 fully saturated rings. The molecule has 0 aliphatic heterocycles. The molecule has 0 saturated heterocycles. The van der Waals surface area contributed by atoms with Crippen LogP contribution >= 0.6 is 0 Å². The minimum Gasteiger partial charge on any atom is -0.481 e. The van der Waals surface area contributed by atoms with Gasteiger partial charge < -0.3 is 10.1 Å². The van der Waals surface area contributed by atoms with Crippen LogP contribution in [-0.2, 0) is 11.3 Å². The number of hydrogen-bond donors (Lipinski definition) is 1. The molecule has 0 radical (unpaired) electrons. The first-order chi connectivity index (χ1) is 10.0. The molecule has 110 valence electrons. The van der Waals surface area contributed by atoms with Crippen molar-refractivity contribution >= 4 is 5.91 Å². The van der Waals surface area contributed by atoms with Crippen LogP contribution in [0.25, 0.3) is 0 Å². The molecule has 0 spiro atoms. The molecule has 2 rings (SSSR count). The van der Waals surface area contributed by atoms with Crippen molar-refractivity contribution in [3.8, 4) is 5.75 Å². The van der Waals surface area contributed by atoms with Crippen molar-refractivity contribution in [3.63, 3.8) is 0 Å². The normalized spacial score (nSPS) is 11.8. The SMILES string of the molecule is Cc1cc(C)cc(O[C@@H](C)C(=O)NCc2ccccc2)c1. The smallest absolute Gasteiger partial charge is 0.261 e. The average Bonchev–Trinajstić information content (AvgIpc) is 2.44. The van der Waals surface area contributed by atoms with Gasteiger partial charge in [0.1, 0.15) is 5.75 Å². The Morgan fingerprint density at radius 1 is 1.10 bits per heavy atom. The minimum absolute atomic E-state index is 0.113. The Morgan fingerprint density at radius 3 is 2.33 bits per heavy atom. The fourth-order valence-corrected chi connectivity index (χ4v) is 2.19.